The van der Waals surface area contributed by atoms with Gasteiger partial charge in [-0.3, -0.25) is 19.8 Å². The maximum Gasteiger partial charge on any atom is 0.258 e. The number of carbonyl (C=O) groups excluding carboxylic acids is 1. The van der Waals surface area contributed by atoms with Crippen molar-refractivity contribution in [2.24, 2.45) is 4.99 Å². The number of anilines is 1. The van der Waals surface area contributed by atoms with Crippen molar-refractivity contribution in [1.82, 2.24) is 15.1 Å². The Bertz CT molecular complexity index is 1190. The predicted molar refractivity (Wildman–Crippen MR) is 137 cm³/mol. The van der Waals surface area contributed by atoms with Crippen molar-refractivity contribution in [3.8, 4) is 17.2 Å². The molecule has 0 aliphatic rings. The highest BCUT2D eigenvalue weighted by atomic mass is 16.5. The lowest BCUT2D eigenvalue weighted by molar-refractivity contribution is 0.0976. The Morgan fingerprint density at radius 2 is 1.71 bits per heavy atom. The second-order valence-electron chi connectivity index (χ2n) is 7.82. The van der Waals surface area contributed by atoms with Crippen molar-refractivity contribution < 1.29 is 19.0 Å². The van der Waals surface area contributed by atoms with Gasteiger partial charge in [-0.15, -0.1) is 0 Å². The third kappa shape index (κ3) is 6.32. The molecule has 3 rings (SSSR count). The molecule has 0 aliphatic heterocycles. The summed E-state index contributed by atoms with van der Waals surface area (Å²) in [5.74, 6) is 1.78. The molecule has 0 radical (unpaired) electrons. The molecule has 3 aromatic rings. The van der Waals surface area contributed by atoms with E-state index in [1.54, 1.807) is 32.4 Å². The predicted octanol–water partition coefficient (Wildman–Crippen LogP) is 3.99. The Morgan fingerprint density at radius 1 is 1.00 bits per heavy atom. The molecule has 0 unspecified atom stereocenters. The van der Waals surface area contributed by atoms with Crippen LogP contribution in [0.15, 0.2) is 47.5 Å². The topological polar surface area (TPSA) is 99.0 Å². The lowest BCUT2D eigenvalue weighted by Gasteiger charge is -2.14. The Hall–Kier alpha value is -4.01. The van der Waals surface area contributed by atoms with Gasteiger partial charge in [-0.25, -0.2) is 0 Å². The van der Waals surface area contributed by atoms with E-state index in [2.05, 4.69) is 34.6 Å². The quantitative estimate of drug-likeness (QED) is 0.356. The van der Waals surface area contributed by atoms with Gasteiger partial charge < -0.3 is 19.5 Å². The molecule has 2 aromatic carbocycles. The van der Waals surface area contributed by atoms with Crippen LogP contribution >= 0.6 is 0 Å². The standard InChI is InChI=1S/C26H33N5O4/c1-7-31-18(3)22(17(2)30-31)14-15-27-26(28-20-9-11-21(33-4)12-10-20)29-25(32)19-8-13-23(34-5)24(16-19)35-6/h8-13,16H,7,14-15H2,1-6H3,(H2,27,28,29,32). The molecular weight excluding hydrogens is 446 g/mol. The van der Waals surface area contributed by atoms with Gasteiger partial charge in [0.1, 0.15) is 5.75 Å². The van der Waals surface area contributed by atoms with Crippen LogP contribution in [-0.4, -0.2) is 49.5 Å². The average molecular weight is 480 g/mol. The van der Waals surface area contributed by atoms with Crippen LogP contribution in [0.1, 0.15) is 34.2 Å². The van der Waals surface area contributed by atoms with Crippen molar-refractivity contribution in [2.75, 3.05) is 33.2 Å². The molecule has 0 spiro atoms. The van der Waals surface area contributed by atoms with Crippen molar-refractivity contribution in [2.45, 2.75) is 33.7 Å². The van der Waals surface area contributed by atoms with E-state index in [0.29, 0.717) is 36.0 Å². The van der Waals surface area contributed by atoms with E-state index in [1.807, 2.05) is 35.9 Å². The first-order chi connectivity index (χ1) is 16.9. The maximum absolute atomic E-state index is 13.0. The number of carbonyl (C=O) groups is 1. The number of ether oxygens (including phenoxy) is 3. The van der Waals surface area contributed by atoms with Gasteiger partial charge in [-0.2, -0.15) is 5.10 Å². The summed E-state index contributed by atoms with van der Waals surface area (Å²) >= 11 is 0. The molecule has 0 saturated carbocycles. The van der Waals surface area contributed by atoms with Crippen molar-refractivity contribution >= 4 is 17.6 Å². The van der Waals surface area contributed by atoms with E-state index in [-0.39, 0.29) is 5.91 Å². The van der Waals surface area contributed by atoms with E-state index >= 15 is 0 Å². The Morgan fingerprint density at radius 3 is 2.31 bits per heavy atom. The van der Waals surface area contributed by atoms with Gasteiger partial charge in [0.15, 0.2) is 11.5 Å². The van der Waals surface area contributed by atoms with Gasteiger partial charge >= 0.3 is 0 Å². The number of aliphatic imine (C=N–C) groups is 1. The van der Waals surface area contributed by atoms with Crippen LogP contribution in [0.4, 0.5) is 5.69 Å². The molecule has 2 N–H and O–H groups in total. The first-order valence-electron chi connectivity index (χ1n) is 11.4. The average Bonchev–Trinajstić information content (AvgIpc) is 3.16. The number of nitrogens with zero attached hydrogens (tertiary/aromatic N) is 3. The van der Waals surface area contributed by atoms with Crippen LogP contribution in [0.25, 0.3) is 0 Å². The molecule has 0 atom stereocenters. The Labute approximate surface area is 206 Å². The van der Waals surface area contributed by atoms with Crippen LogP contribution in [0.3, 0.4) is 0 Å². The molecule has 1 aromatic heterocycles. The molecular formula is C26H33N5O4. The Kier molecular flexibility index (Phi) is 8.72. The minimum atomic E-state index is -0.322. The fourth-order valence-electron chi connectivity index (χ4n) is 3.76. The number of aryl methyl sites for hydroxylation is 2. The third-order valence-corrected chi connectivity index (χ3v) is 5.69. The lowest BCUT2D eigenvalue weighted by Crippen LogP contribution is -2.36. The number of aromatic nitrogens is 2. The van der Waals surface area contributed by atoms with E-state index < -0.39 is 0 Å². The molecule has 0 bridgehead atoms. The SMILES string of the molecule is CCn1nc(C)c(CCN=C(NC(=O)c2ccc(OC)c(OC)c2)Nc2ccc(OC)cc2)c1C. The van der Waals surface area contributed by atoms with Gasteiger partial charge in [0.05, 0.1) is 27.0 Å². The highest BCUT2D eigenvalue weighted by Crippen LogP contribution is 2.27. The van der Waals surface area contributed by atoms with E-state index in [1.165, 1.54) is 12.7 Å². The summed E-state index contributed by atoms with van der Waals surface area (Å²) < 4.78 is 17.8. The number of methoxy groups -OCH3 is 3. The largest absolute Gasteiger partial charge is 0.497 e. The lowest BCUT2D eigenvalue weighted by atomic mass is 10.1. The highest BCUT2D eigenvalue weighted by Gasteiger charge is 2.14. The fraction of sp³-hybridized carbons (Fsp3) is 0.346. The zero-order valence-electron chi connectivity index (χ0n) is 21.1. The summed E-state index contributed by atoms with van der Waals surface area (Å²) in [7, 11) is 4.69. The van der Waals surface area contributed by atoms with Crippen LogP contribution in [0, 0.1) is 13.8 Å². The number of hydrogen-bond donors (Lipinski definition) is 2. The number of benzene rings is 2. The number of guanidine groups is 1. The maximum atomic E-state index is 13.0. The molecule has 9 nitrogen and oxygen atoms in total. The van der Waals surface area contributed by atoms with Crippen molar-refractivity contribution in [3.63, 3.8) is 0 Å². The molecule has 0 aliphatic carbocycles. The summed E-state index contributed by atoms with van der Waals surface area (Å²) in [4.78, 5) is 17.7. The van der Waals surface area contributed by atoms with Crippen molar-refractivity contribution in [1.29, 1.82) is 0 Å². The number of hydrogen-bond acceptors (Lipinski definition) is 6. The summed E-state index contributed by atoms with van der Waals surface area (Å²) in [6, 6.07) is 12.4. The molecule has 1 heterocycles. The van der Waals surface area contributed by atoms with E-state index in [9.17, 15) is 4.79 Å². The van der Waals surface area contributed by atoms with Crippen LogP contribution < -0.4 is 24.8 Å². The first-order valence-corrected chi connectivity index (χ1v) is 11.4. The van der Waals surface area contributed by atoms with Crippen molar-refractivity contribution in [3.05, 3.63) is 65.0 Å². The third-order valence-electron chi connectivity index (χ3n) is 5.69. The normalized spacial score (nSPS) is 11.2. The van der Waals surface area contributed by atoms with Gasteiger partial charge in [-0.05, 0) is 75.2 Å². The number of rotatable bonds is 9. The molecule has 35 heavy (non-hydrogen) atoms. The summed E-state index contributed by atoms with van der Waals surface area (Å²) in [6.45, 7) is 7.44. The van der Waals surface area contributed by atoms with Crippen LogP contribution in [0.2, 0.25) is 0 Å². The monoisotopic (exact) mass is 479 g/mol. The van der Waals surface area contributed by atoms with Crippen LogP contribution in [-0.2, 0) is 13.0 Å². The minimum Gasteiger partial charge on any atom is -0.497 e. The number of nitrogens with one attached hydrogen (secondary N) is 2. The minimum absolute atomic E-state index is 0.322. The zero-order valence-corrected chi connectivity index (χ0v) is 21.1. The highest BCUT2D eigenvalue weighted by molar-refractivity contribution is 6.10. The second-order valence-corrected chi connectivity index (χ2v) is 7.82. The second kappa shape index (κ2) is 11.9. The zero-order chi connectivity index (χ0) is 25.4. The molecule has 0 saturated heterocycles. The van der Waals surface area contributed by atoms with E-state index in [4.69, 9.17) is 14.2 Å². The fourth-order valence-corrected chi connectivity index (χ4v) is 3.76. The summed E-state index contributed by atoms with van der Waals surface area (Å²) in [6.07, 6.45) is 0.706. The van der Waals surface area contributed by atoms with Gasteiger partial charge in [0.25, 0.3) is 5.91 Å². The Balaban J connectivity index is 1.81. The number of amides is 1. The molecule has 186 valence electrons. The molecule has 1 amide bonds. The van der Waals surface area contributed by atoms with E-state index in [0.717, 1.165) is 29.4 Å². The van der Waals surface area contributed by atoms with Gasteiger partial charge in [-0.1, -0.05) is 0 Å². The molecule has 0 fully saturated rings. The molecule has 9 heteroatoms. The first kappa shape index (κ1) is 25.6. The summed E-state index contributed by atoms with van der Waals surface area (Å²) in [5, 5.41) is 10.7. The summed E-state index contributed by atoms with van der Waals surface area (Å²) in [5.41, 5.74) is 4.49. The smallest absolute Gasteiger partial charge is 0.258 e. The van der Waals surface area contributed by atoms with Gasteiger partial charge in [0.2, 0.25) is 5.96 Å². The van der Waals surface area contributed by atoms with Gasteiger partial charge in [0, 0.05) is 30.0 Å². The van der Waals surface area contributed by atoms with Crippen LogP contribution in [0.5, 0.6) is 17.2 Å².